The molecule has 2 atom stereocenters. The molecule has 2 fully saturated rings. The molecule has 11 heteroatoms. The average molecular weight is 490 g/mol. The molecule has 1 aromatic heterocycles. The molecule has 182 valence electrons. The first kappa shape index (κ1) is 24.1. The third-order valence-electron chi connectivity index (χ3n) is 6.35. The van der Waals surface area contributed by atoms with Gasteiger partial charge in [-0.2, -0.15) is 0 Å². The molecule has 4 rings (SSSR count). The van der Waals surface area contributed by atoms with Crippen molar-refractivity contribution >= 4 is 33.3 Å². The molecule has 2 amide bonds. The van der Waals surface area contributed by atoms with E-state index in [9.17, 15) is 22.4 Å². The number of likely N-dealkylation sites (tertiary alicyclic amines) is 1. The van der Waals surface area contributed by atoms with Gasteiger partial charge in [-0.25, -0.2) is 22.8 Å². The van der Waals surface area contributed by atoms with Crippen LogP contribution in [0.2, 0.25) is 0 Å². The maximum atomic E-state index is 14.5. The molecule has 1 aromatic carbocycles. The summed E-state index contributed by atoms with van der Waals surface area (Å²) in [6, 6.07) is 2.71. The number of carbonyl (C=O) groups is 2. The molecular weight excluding hydrogens is 461 g/mol. The number of nitrogens with one attached hydrogen (secondary N) is 1. The highest BCUT2D eigenvalue weighted by Crippen LogP contribution is 2.27. The normalized spacial score (nSPS) is 21.6. The number of rotatable bonds is 6. The second-order valence-electron chi connectivity index (χ2n) is 8.72. The smallest absolute Gasteiger partial charge is 0.245 e. The standard InChI is InChI=1S/C23H28FN5O4S/c1-3-15-13-25-23(26-14-15)29-10-8-16(11-21(29)30)28-9-4-5-20(22(28)31)27-19-7-6-17(12-18(19)24)34(2,32)33/h6-7,12-14,16,20,27H,3-5,8-11H2,1-2H3. The molecule has 2 aliphatic heterocycles. The van der Waals surface area contributed by atoms with Gasteiger partial charge in [-0.15, -0.1) is 0 Å². The Morgan fingerprint density at radius 2 is 1.88 bits per heavy atom. The van der Waals surface area contributed by atoms with Crippen LogP contribution in [-0.4, -0.2) is 66.5 Å². The first-order chi connectivity index (χ1) is 16.2. The lowest BCUT2D eigenvalue weighted by Crippen LogP contribution is -2.56. The van der Waals surface area contributed by atoms with Gasteiger partial charge in [0.1, 0.15) is 11.9 Å². The van der Waals surface area contributed by atoms with Gasteiger partial charge in [0.05, 0.1) is 10.6 Å². The van der Waals surface area contributed by atoms with E-state index in [0.717, 1.165) is 24.3 Å². The molecule has 34 heavy (non-hydrogen) atoms. The fourth-order valence-corrected chi connectivity index (χ4v) is 5.02. The second-order valence-corrected chi connectivity index (χ2v) is 10.7. The Bertz CT molecular complexity index is 1190. The van der Waals surface area contributed by atoms with Crippen molar-refractivity contribution in [2.24, 2.45) is 0 Å². The van der Waals surface area contributed by atoms with Crippen molar-refractivity contribution in [3.8, 4) is 0 Å². The van der Waals surface area contributed by atoms with E-state index < -0.39 is 21.7 Å². The maximum absolute atomic E-state index is 14.5. The Labute approximate surface area is 198 Å². The lowest BCUT2D eigenvalue weighted by Gasteiger charge is -2.41. The SMILES string of the molecule is CCc1cnc(N2CCC(N3CCCC(Nc4ccc(S(C)(=O)=O)cc4F)C3=O)CC2=O)nc1. The summed E-state index contributed by atoms with van der Waals surface area (Å²) in [6.07, 6.45) is 7.26. The Hall–Kier alpha value is -3.08. The number of anilines is 2. The van der Waals surface area contributed by atoms with Gasteiger partial charge in [-0.1, -0.05) is 6.92 Å². The van der Waals surface area contributed by atoms with Crippen molar-refractivity contribution < 1.29 is 22.4 Å². The van der Waals surface area contributed by atoms with Crippen LogP contribution < -0.4 is 10.2 Å². The average Bonchev–Trinajstić information content (AvgIpc) is 2.81. The van der Waals surface area contributed by atoms with E-state index in [1.165, 1.54) is 12.1 Å². The van der Waals surface area contributed by atoms with Crippen LogP contribution in [0.25, 0.3) is 0 Å². The van der Waals surface area contributed by atoms with Gasteiger partial charge in [0.25, 0.3) is 0 Å². The second kappa shape index (κ2) is 9.65. The molecule has 2 unspecified atom stereocenters. The molecule has 9 nitrogen and oxygen atoms in total. The Balaban J connectivity index is 1.42. The number of piperidine rings is 2. The molecule has 2 saturated heterocycles. The van der Waals surface area contributed by atoms with Crippen LogP contribution in [0.1, 0.15) is 38.2 Å². The number of nitrogens with zero attached hydrogens (tertiary/aromatic N) is 4. The van der Waals surface area contributed by atoms with Crippen LogP contribution in [0.15, 0.2) is 35.5 Å². The summed E-state index contributed by atoms with van der Waals surface area (Å²) in [4.78, 5) is 37.8. The van der Waals surface area contributed by atoms with Crippen molar-refractivity contribution in [1.82, 2.24) is 14.9 Å². The van der Waals surface area contributed by atoms with E-state index >= 15 is 0 Å². The highest BCUT2D eigenvalue weighted by atomic mass is 32.2. The minimum Gasteiger partial charge on any atom is -0.371 e. The maximum Gasteiger partial charge on any atom is 0.245 e. The largest absolute Gasteiger partial charge is 0.371 e. The van der Waals surface area contributed by atoms with E-state index in [1.807, 2.05) is 6.92 Å². The molecule has 0 radical (unpaired) electrons. The van der Waals surface area contributed by atoms with Crippen molar-refractivity contribution in [2.75, 3.05) is 29.6 Å². The highest BCUT2D eigenvalue weighted by Gasteiger charge is 2.38. The zero-order chi connectivity index (χ0) is 24.5. The monoisotopic (exact) mass is 489 g/mol. The Morgan fingerprint density at radius 1 is 1.15 bits per heavy atom. The van der Waals surface area contributed by atoms with Crippen LogP contribution in [0, 0.1) is 5.82 Å². The van der Waals surface area contributed by atoms with Crippen LogP contribution in [-0.2, 0) is 25.8 Å². The van der Waals surface area contributed by atoms with Crippen molar-refractivity contribution in [1.29, 1.82) is 0 Å². The van der Waals surface area contributed by atoms with Crippen LogP contribution >= 0.6 is 0 Å². The lowest BCUT2D eigenvalue weighted by atomic mass is 9.96. The number of hydrogen-bond donors (Lipinski definition) is 1. The molecule has 0 aliphatic carbocycles. The first-order valence-corrected chi connectivity index (χ1v) is 13.2. The quantitative estimate of drug-likeness (QED) is 0.662. The molecule has 2 aromatic rings. The molecule has 0 saturated carbocycles. The van der Waals surface area contributed by atoms with E-state index in [-0.39, 0.29) is 34.9 Å². The molecule has 2 aliphatic rings. The minimum atomic E-state index is -3.53. The minimum absolute atomic E-state index is 0.0752. The fourth-order valence-electron chi connectivity index (χ4n) is 4.39. The van der Waals surface area contributed by atoms with Gasteiger partial charge in [0.15, 0.2) is 9.84 Å². The van der Waals surface area contributed by atoms with Gasteiger partial charge in [0.2, 0.25) is 17.8 Å². The zero-order valence-electron chi connectivity index (χ0n) is 19.2. The summed E-state index contributed by atoms with van der Waals surface area (Å²) in [5.74, 6) is -0.679. The Kier molecular flexibility index (Phi) is 6.83. The van der Waals surface area contributed by atoms with Gasteiger partial charge >= 0.3 is 0 Å². The highest BCUT2D eigenvalue weighted by molar-refractivity contribution is 7.90. The summed E-state index contributed by atoms with van der Waals surface area (Å²) in [5, 5.41) is 2.93. The predicted octanol–water partition coefficient (Wildman–Crippen LogP) is 2.18. The summed E-state index contributed by atoms with van der Waals surface area (Å²) >= 11 is 0. The molecule has 3 heterocycles. The number of carbonyl (C=O) groups excluding carboxylic acids is 2. The van der Waals surface area contributed by atoms with Crippen molar-refractivity contribution in [3.05, 3.63) is 42.0 Å². The van der Waals surface area contributed by atoms with Crippen molar-refractivity contribution in [3.63, 3.8) is 0 Å². The van der Waals surface area contributed by atoms with Gasteiger partial charge in [0, 0.05) is 44.2 Å². The number of amides is 2. The Morgan fingerprint density at radius 3 is 2.50 bits per heavy atom. The van der Waals surface area contributed by atoms with E-state index in [2.05, 4.69) is 15.3 Å². The number of aromatic nitrogens is 2. The summed E-state index contributed by atoms with van der Waals surface area (Å²) < 4.78 is 37.8. The predicted molar refractivity (Wildman–Crippen MR) is 125 cm³/mol. The molecule has 0 bridgehead atoms. The van der Waals surface area contributed by atoms with E-state index in [4.69, 9.17) is 0 Å². The van der Waals surface area contributed by atoms with E-state index in [0.29, 0.717) is 38.3 Å². The summed E-state index contributed by atoms with van der Waals surface area (Å²) in [6.45, 7) is 2.95. The number of benzene rings is 1. The summed E-state index contributed by atoms with van der Waals surface area (Å²) in [5.41, 5.74) is 1.07. The van der Waals surface area contributed by atoms with Gasteiger partial charge in [-0.3, -0.25) is 14.5 Å². The van der Waals surface area contributed by atoms with Crippen LogP contribution in [0.4, 0.5) is 16.0 Å². The van der Waals surface area contributed by atoms with Gasteiger partial charge < -0.3 is 10.2 Å². The molecule has 0 spiro atoms. The molecule has 1 N–H and O–H groups in total. The zero-order valence-corrected chi connectivity index (χ0v) is 20.0. The third kappa shape index (κ3) is 5.03. The van der Waals surface area contributed by atoms with Crippen molar-refractivity contribution in [2.45, 2.75) is 56.0 Å². The summed E-state index contributed by atoms with van der Waals surface area (Å²) in [7, 11) is -3.53. The number of sulfone groups is 1. The molecular formula is C23H28FN5O4S. The van der Waals surface area contributed by atoms with Gasteiger partial charge in [-0.05, 0) is 49.4 Å². The first-order valence-electron chi connectivity index (χ1n) is 11.3. The van der Waals surface area contributed by atoms with Crippen LogP contribution in [0.3, 0.4) is 0 Å². The number of aryl methyl sites for hydroxylation is 1. The van der Waals surface area contributed by atoms with Crippen LogP contribution in [0.5, 0.6) is 0 Å². The topological polar surface area (TPSA) is 113 Å². The van der Waals surface area contributed by atoms with E-state index in [1.54, 1.807) is 22.2 Å². The third-order valence-corrected chi connectivity index (χ3v) is 7.46. The lowest BCUT2D eigenvalue weighted by molar-refractivity contribution is -0.138. The number of hydrogen-bond acceptors (Lipinski definition) is 7. The fraction of sp³-hybridized carbons (Fsp3) is 0.478. The number of halogens is 1.